The number of anilines is 1. The molecule has 0 spiro atoms. The first kappa shape index (κ1) is 14.6. The van der Waals surface area contributed by atoms with E-state index in [-0.39, 0.29) is 11.9 Å². The fourth-order valence-electron chi connectivity index (χ4n) is 4.09. The van der Waals surface area contributed by atoms with Gasteiger partial charge in [0.2, 0.25) is 5.91 Å². The van der Waals surface area contributed by atoms with Crippen molar-refractivity contribution >= 4 is 33.3 Å². The first-order valence-corrected chi connectivity index (χ1v) is 9.94. The van der Waals surface area contributed by atoms with Crippen LogP contribution >= 0.6 is 11.3 Å². The lowest BCUT2D eigenvalue weighted by Gasteiger charge is -2.27. The maximum Gasteiger partial charge on any atom is 0.242 e. The van der Waals surface area contributed by atoms with E-state index in [1.807, 2.05) is 5.38 Å². The number of thiophene rings is 1. The van der Waals surface area contributed by atoms with Gasteiger partial charge in [-0.25, -0.2) is 9.97 Å². The second-order valence-corrected chi connectivity index (χ2v) is 8.29. The van der Waals surface area contributed by atoms with E-state index in [1.54, 1.807) is 17.7 Å². The average molecular weight is 342 g/mol. The van der Waals surface area contributed by atoms with Crippen molar-refractivity contribution in [1.29, 1.82) is 0 Å². The number of hydrogen-bond acceptors (Lipinski definition) is 5. The summed E-state index contributed by atoms with van der Waals surface area (Å²) in [6.07, 6.45) is 8.75. The molecule has 1 atom stereocenters. The van der Waals surface area contributed by atoms with Crippen molar-refractivity contribution in [2.45, 2.75) is 50.6 Å². The molecule has 126 valence electrons. The van der Waals surface area contributed by atoms with Crippen molar-refractivity contribution in [2.24, 2.45) is 11.8 Å². The van der Waals surface area contributed by atoms with Gasteiger partial charge in [0.25, 0.3) is 0 Å². The van der Waals surface area contributed by atoms with Gasteiger partial charge >= 0.3 is 0 Å². The van der Waals surface area contributed by atoms with E-state index in [0.29, 0.717) is 6.04 Å². The second kappa shape index (κ2) is 5.69. The van der Waals surface area contributed by atoms with Gasteiger partial charge in [0.05, 0.1) is 5.39 Å². The summed E-state index contributed by atoms with van der Waals surface area (Å²) >= 11 is 1.63. The zero-order valence-electron chi connectivity index (χ0n) is 13.6. The van der Waals surface area contributed by atoms with Crippen molar-refractivity contribution in [3.05, 3.63) is 17.8 Å². The van der Waals surface area contributed by atoms with Gasteiger partial charge in [0.1, 0.15) is 23.0 Å². The van der Waals surface area contributed by atoms with Crippen LogP contribution in [0.5, 0.6) is 0 Å². The van der Waals surface area contributed by atoms with Crippen LogP contribution in [0.3, 0.4) is 0 Å². The van der Waals surface area contributed by atoms with Crippen LogP contribution < -0.4 is 10.2 Å². The summed E-state index contributed by atoms with van der Waals surface area (Å²) in [4.78, 5) is 25.0. The summed E-state index contributed by atoms with van der Waals surface area (Å²) in [6.45, 7) is 0.900. The lowest BCUT2D eigenvalue weighted by molar-refractivity contribution is -0.123. The Morgan fingerprint density at radius 1 is 1.21 bits per heavy atom. The highest BCUT2D eigenvalue weighted by Gasteiger charge is 2.44. The standard InChI is InChI=1S/C18H22N4OS/c23-17(21-15(11-3-4-11)12-5-6-12)14-2-1-8-22(14)16-13-7-9-24-18(13)20-10-19-16/h7,9-12,14-15H,1-6,8H2,(H,21,23). The lowest BCUT2D eigenvalue weighted by Crippen LogP contribution is -2.48. The molecule has 2 aliphatic carbocycles. The fraction of sp³-hybridized carbons (Fsp3) is 0.611. The molecule has 0 radical (unpaired) electrons. The number of rotatable bonds is 5. The summed E-state index contributed by atoms with van der Waals surface area (Å²) in [7, 11) is 0. The predicted octanol–water partition coefficient (Wildman–Crippen LogP) is 2.96. The van der Waals surface area contributed by atoms with E-state index in [9.17, 15) is 4.79 Å². The third-order valence-electron chi connectivity index (χ3n) is 5.64. The zero-order valence-corrected chi connectivity index (χ0v) is 14.5. The molecule has 0 bridgehead atoms. The molecule has 2 aromatic rings. The maximum atomic E-state index is 13.0. The van der Waals surface area contributed by atoms with Crippen LogP contribution in [-0.2, 0) is 4.79 Å². The molecule has 5 nitrogen and oxygen atoms in total. The molecule has 0 aromatic carbocycles. The van der Waals surface area contributed by atoms with Crippen molar-refractivity contribution in [3.8, 4) is 0 Å². The summed E-state index contributed by atoms with van der Waals surface area (Å²) in [5.74, 6) is 2.60. The minimum Gasteiger partial charge on any atom is -0.351 e. The van der Waals surface area contributed by atoms with Crippen LogP contribution in [0.1, 0.15) is 38.5 Å². The number of fused-ring (bicyclic) bond motifs is 1. The van der Waals surface area contributed by atoms with Gasteiger partial charge < -0.3 is 10.2 Å². The first-order valence-electron chi connectivity index (χ1n) is 9.06. The van der Waals surface area contributed by atoms with Crippen LogP contribution in [0.25, 0.3) is 10.2 Å². The average Bonchev–Trinajstić information content (AvgIpc) is 3.51. The van der Waals surface area contributed by atoms with E-state index >= 15 is 0 Å². The zero-order chi connectivity index (χ0) is 16.1. The SMILES string of the molecule is O=C(NC(C1CC1)C1CC1)C1CCCN1c1ncnc2sccc12. The number of carbonyl (C=O) groups is 1. The molecular formula is C18H22N4OS. The Bertz CT molecular complexity index is 755. The number of aromatic nitrogens is 2. The van der Waals surface area contributed by atoms with Crippen LogP contribution in [0.2, 0.25) is 0 Å². The van der Waals surface area contributed by atoms with Gasteiger partial charge in [0.15, 0.2) is 0 Å². The highest BCUT2D eigenvalue weighted by atomic mass is 32.1. The minimum absolute atomic E-state index is 0.0806. The number of hydrogen-bond donors (Lipinski definition) is 1. The van der Waals surface area contributed by atoms with Crippen LogP contribution in [0, 0.1) is 11.8 Å². The van der Waals surface area contributed by atoms with Gasteiger partial charge in [-0.2, -0.15) is 0 Å². The smallest absolute Gasteiger partial charge is 0.242 e. The molecule has 1 N–H and O–H groups in total. The van der Waals surface area contributed by atoms with Crippen LogP contribution in [0.4, 0.5) is 5.82 Å². The molecule has 6 heteroatoms. The Kier molecular flexibility index (Phi) is 3.47. The van der Waals surface area contributed by atoms with Crippen molar-refractivity contribution in [2.75, 3.05) is 11.4 Å². The van der Waals surface area contributed by atoms with Crippen molar-refractivity contribution in [1.82, 2.24) is 15.3 Å². The number of nitrogens with one attached hydrogen (secondary N) is 1. The molecule has 1 amide bonds. The molecule has 5 rings (SSSR count). The van der Waals surface area contributed by atoms with Gasteiger partial charge in [-0.05, 0) is 61.8 Å². The first-order chi connectivity index (χ1) is 11.8. The highest BCUT2D eigenvalue weighted by Crippen LogP contribution is 2.44. The third kappa shape index (κ3) is 2.57. The van der Waals surface area contributed by atoms with E-state index in [4.69, 9.17) is 0 Å². The summed E-state index contributed by atoms with van der Waals surface area (Å²) in [6, 6.07) is 2.41. The van der Waals surface area contributed by atoms with E-state index < -0.39 is 0 Å². The fourth-order valence-corrected chi connectivity index (χ4v) is 4.82. The van der Waals surface area contributed by atoms with Crippen LogP contribution in [-0.4, -0.2) is 34.5 Å². The molecule has 1 unspecified atom stereocenters. The Morgan fingerprint density at radius 3 is 2.75 bits per heavy atom. The quantitative estimate of drug-likeness (QED) is 0.907. The Hall–Kier alpha value is -1.69. The molecular weight excluding hydrogens is 320 g/mol. The Morgan fingerprint density at radius 2 is 2.00 bits per heavy atom. The van der Waals surface area contributed by atoms with Gasteiger partial charge in [0, 0.05) is 12.6 Å². The highest BCUT2D eigenvalue weighted by molar-refractivity contribution is 7.16. The molecule has 1 saturated heterocycles. The Labute approximate surface area is 145 Å². The normalized spacial score (nSPS) is 24.0. The summed E-state index contributed by atoms with van der Waals surface area (Å²) in [5.41, 5.74) is 0. The van der Waals surface area contributed by atoms with Crippen LogP contribution in [0.15, 0.2) is 17.8 Å². The van der Waals surface area contributed by atoms with Crippen molar-refractivity contribution in [3.63, 3.8) is 0 Å². The Balaban J connectivity index is 1.38. The second-order valence-electron chi connectivity index (χ2n) is 7.40. The molecule has 1 aliphatic heterocycles. The third-order valence-corrected chi connectivity index (χ3v) is 6.46. The molecule has 3 fully saturated rings. The monoisotopic (exact) mass is 342 g/mol. The molecule has 3 heterocycles. The van der Waals surface area contributed by atoms with Crippen molar-refractivity contribution < 1.29 is 4.79 Å². The molecule has 3 aliphatic rings. The number of amides is 1. The number of carbonyl (C=O) groups excluding carboxylic acids is 1. The molecule has 24 heavy (non-hydrogen) atoms. The maximum absolute atomic E-state index is 13.0. The summed E-state index contributed by atoms with van der Waals surface area (Å²) < 4.78 is 0. The lowest BCUT2D eigenvalue weighted by atomic mass is 10.1. The topological polar surface area (TPSA) is 58.1 Å². The summed E-state index contributed by atoms with van der Waals surface area (Å²) in [5, 5.41) is 6.52. The molecule has 2 aromatic heterocycles. The van der Waals surface area contributed by atoms with E-state index in [1.165, 1.54) is 25.7 Å². The number of nitrogens with zero attached hydrogens (tertiary/aromatic N) is 3. The van der Waals surface area contributed by atoms with Gasteiger partial charge in [-0.15, -0.1) is 11.3 Å². The van der Waals surface area contributed by atoms with Gasteiger partial charge in [-0.1, -0.05) is 0 Å². The van der Waals surface area contributed by atoms with E-state index in [2.05, 4.69) is 26.3 Å². The molecule has 2 saturated carbocycles. The predicted molar refractivity (Wildman–Crippen MR) is 95.2 cm³/mol. The van der Waals surface area contributed by atoms with E-state index in [0.717, 1.165) is 47.3 Å². The minimum atomic E-state index is -0.0806. The van der Waals surface area contributed by atoms with Gasteiger partial charge in [-0.3, -0.25) is 4.79 Å². The largest absolute Gasteiger partial charge is 0.351 e.